The number of amidine groups is 1. The van der Waals surface area contributed by atoms with E-state index in [1.807, 2.05) is 25.1 Å². The van der Waals surface area contributed by atoms with Gasteiger partial charge < -0.3 is 19.9 Å². The van der Waals surface area contributed by atoms with Crippen molar-refractivity contribution in [2.24, 2.45) is 4.99 Å². The number of ether oxygens (including phenoxy) is 1. The van der Waals surface area contributed by atoms with Gasteiger partial charge in [-0.25, -0.2) is 17.9 Å². The molecule has 0 saturated carbocycles. The minimum absolute atomic E-state index is 0.234. The van der Waals surface area contributed by atoms with Gasteiger partial charge in [-0.2, -0.15) is 0 Å². The van der Waals surface area contributed by atoms with Gasteiger partial charge in [0.1, 0.15) is 17.3 Å². The standard InChI is InChI=1S/C27H38FN5O2S/c1-18-17-32(12-11-31(18)7)36(8,34)24-15-23(28)10-9-22(24)16-29-20(3)25-19(2)21(4)33-13-14-35-27(5,6)26(33)30-25/h9-10,15,18,29H,3-4,8,11-14,16-17H2,1-2,5-7H3. The first-order chi connectivity index (χ1) is 16.8. The first-order valence-electron chi connectivity index (χ1n) is 12.3. The van der Waals surface area contributed by atoms with Gasteiger partial charge in [-0.3, -0.25) is 0 Å². The first-order valence-corrected chi connectivity index (χ1v) is 14.0. The molecule has 2 saturated heterocycles. The van der Waals surface area contributed by atoms with Crippen molar-refractivity contribution in [1.82, 2.24) is 19.4 Å². The van der Waals surface area contributed by atoms with Crippen LogP contribution in [-0.4, -0.2) is 81.5 Å². The van der Waals surface area contributed by atoms with Crippen LogP contribution in [0.1, 0.15) is 33.3 Å². The second kappa shape index (κ2) is 9.78. The SMILES string of the molecule is C=C(NCc1ccc(F)cc1S(=C)(=O)N1CCN(C)C(C)C1)C1=C(C)C(=C)N2CCOC(C)(C)C2=N1. The summed E-state index contributed by atoms with van der Waals surface area (Å²) < 4.78 is 36.1. The number of nitrogens with zero attached hydrogens (tertiary/aromatic N) is 4. The molecule has 196 valence electrons. The van der Waals surface area contributed by atoms with E-state index >= 15 is 0 Å². The van der Waals surface area contributed by atoms with Crippen LogP contribution in [0, 0.1) is 5.82 Å². The van der Waals surface area contributed by atoms with E-state index in [1.165, 1.54) is 12.1 Å². The predicted molar refractivity (Wildman–Crippen MR) is 146 cm³/mol. The fourth-order valence-electron chi connectivity index (χ4n) is 4.85. The van der Waals surface area contributed by atoms with Crippen molar-refractivity contribution < 1.29 is 13.3 Å². The van der Waals surface area contributed by atoms with Crippen molar-refractivity contribution in [2.75, 3.05) is 39.8 Å². The van der Waals surface area contributed by atoms with Gasteiger partial charge in [-0.05, 0) is 63.9 Å². The van der Waals surface area contributed by atoms with Gasteiger partial charge in [0.15, 0.2) is 0 Å². The molecule has 36 heavy (non-hydrogen) atoms. The van der Waals surface area contributed by atoms with E-state index in [0.29, 0.717) is 54.6 Å². The topological polar surface area (TPSA) is 60.4 Å². The Bertz CT molecular complexity index is 1250. The molecule has 0 bridgehead atoms. The molecule has 2 unspecified atom stereocenters. The van der Waals surface area contributed by atoms with Gasteiger partial charge in [0.25, 0.3) is 0 Å². The fraction of sp³-hybridized carbons (Fsp3) is 0.481. The molecule has 9 heteroatoms. The summed E-state index contributed by atoms with van der Waals surface area (Å²) >= 11 is 0. The molecule has 0 spiro atoms. The number of fused-ring (bicyclic) bond motifs is 1. The second-order valence-corrected chi connectivity index (χ2v) is 12.5. The van der Waals surface area contributed by atoms with Gasteiger partial charge in [0, 0.05) is 44.5 Å². The number of morpholine rings is 1. The van der Waals surface area contributed by atoms with Crippen LogP contribution in [0.3, 0.4) is 0 Å². The molecule has 7 nitrogen and oxygen atoms in total. The van der Waals surface area contributed by atoms with Crippen molar-refractivity contribution in [3.05, 3.63) is 65.4 Å². The van der Waals surface area contributed by atoms with Crippen LogP contribution < -0.4 is 5.32 Å². The van der Waals surface area contributed by atoms with Crippen LogP contribution in [0.5, 0.6) is 0 Å². The summed E-state index contributed by atoms with van der Waals surface area (Å²) in [4.78, 5) is 9.64. The number of rotatable bonds is 6. The third-order valence-corrected chi connectivity index (χ3v) is 9.63. The van der Waals surface area contributed by atoms with Crippen molar-refractivity contribution in [1.29, 1.82) is 0 Å². The zero-order valence-corrected chi connectivity index (χ0v) is 22.9. The molecular formula is C27H38FN5O2S. The summed E-state index contributed by atoms with van der Waals surface area (Å²) in [6, 6.07) is 4.64. The molecule has 3 aliphatic rings. The van der Waals surface area contributed by atoms with Crippen LogP contribution in [0.4, 0.5) is 4.39 Å². The molecule has 0 aliphatic carbocycles. The molecule has 0 radical (unpaired) electrons. The van der Waals surface area contributed by atoms with E-state index in [4.69, 9.17) is 9.73 Å². The lowest BCUT2D eigenvalue weighted by Gasteiger charge is -2.44. The number of aliphatic imine (C=N–C) groups is 1. The fourth-order valence-corrected chi connectivity index (χ4v) is 6.80. The monoisotopic (exact) mass is 515 g/mol. The van der Waals surface area contributed by atoms with Gasteiger partial charge in [-0.15, -0.1) is 0 Å². The quantitative estimate of drug-likeness (QED) is 0.589. The lowest BCUT2D eigenvalue weighted by molar-refractivity contribution is -0.000361. The van der Waals surface area contributed by atoms with E-state index in [2.05, 4.69) is 48.1 Å². The summed E-state index contributed by atoms with van der Waals surface area (Å²) in [5.41, 5.74) is 3.30. The molecule has 0 amide bonds. The number of benzene rings is 1. The van der Waals surface area contributed by atoms with E-state index in [0.717, 1.165) is 23.7 Å². The third-order valence-electron chi connectivity index (χ3n) is 7.39. The van der Waals surface area contributed by atoms with Crippen LogP contribution in [0.15, 0.2) is 63.9 Å². The highest BCUT2D eigenvalue weighted by Gasteiger charge is 2.39. The van der Waals surface area contributed by atoms with Gasteiger partial charge in [-0.1, -0.05) is 19.2 Å². The Kier molecular flexibility index (Phi) is 7.22. The lowest BCUT2D eigenvalue weighted by atomic mass is 9.99. The molecule has 0 aromatic heterocycles. The van der Waals surface area contributed by atoms with Crippen LogP contribution in [0.2, 0.25) is 0 Å². The maximum atomic E-state index is 14.3. The lowest BCUT2D eigenvalue weighted by Crippen LogP contribution is -2.54. The van der Waals surface area contributed by atoms with Crippen LogP contribution >= 0.6 is 0 Å². The number of hydrogen-bond donors (Lipinski definition) is 1. The summed E-state index contributed by atoms with van der Waals surface area (Å²) in [5.74, 6) is 4.45. The molecule has 1 aromatic carbocycles. The Hall–Kier alpha value is -2.46. The van der Waals surface area contributed by atoms with Crippen LogP contribution in [-0.2, 0) is 21.0 Å². The smallest absolute Gasteiger partial charge is 0.141 e. The molecule has 1 N–H and O–H groups in total. The number of nitrogens with one attached hydrogen (secondary N) is 1. The zero-order valence-electron chi connectivity index (χ0n) is 22.1. The Morgan fingerprint density at radius 2 is 2.06 bits per heavy atom. The van der Waals surface area contributed by atoms with Crippen LogP contribution in [0.25, 0.3) is 0 Å². The highest BCUT2D eigenvalue weighted by atomic mass is 32.2. The molecule has 1 aromatic rings. The number of halogens is 1. The van der Waals surface area contributed by atoms with E-state index in [9.17, 15) is 8.60 Å². The molecule has 4 rings (SSSR count). The third kappa shape index (κ3) is 4.89. The molecule has 2 atom stereocenters. The van der Waals surface area contributed by atoms with E-state index in [-0.39, 0.29) is 6.04 Å². The first kappa shape index (κ1) is 26.6. The maximum Gasteiger partial charge on any atom is 0.141 e. The molecule has 3 heterocycles. The number of likely N-dealkylation sites (N-methyl/N-ethyl adjacent to an activating group) is 1. The zero-order chi connectivity index (χ0) is 26.4. The average molecular weight is 516 g/mol. The molecule has 3 aliphatic heterocycles. The van der Waals surface area contributed by atoms with Gasteiger partial charge in [0.05, 0.1) is 32.6 Å². The molecular weight excluding hydrogens is 477 g/mol. The summed E-state index contributed by atoms with van der Waals surface area (Å²) in [5, 5.41) is 3.33. The minimum atomic E-state index is -2.87. The number of hydrogen-bond acceptors (Lipinski definition) is 6. The summed E-state index contributed by atoms with van der Waals surface area (Å²) in [7, 11) is -0.824. The number of allylic oxidation sites excluding steroid dienone is 1. The highest BCUT2D eigenvalue weighted by molar-refractivity contribution is 7.98. The second-order valence-electron chi connectivity index (χ2n) is 10.3. The summed E-state index contributed by atoms with van der Waals surface area (Å²) in [6.07, 6.45) is 0. The highest BCUT2D eigenvalue weighted by Crippen LogP contribution is 2.34. The average Bonchev–Trinajstić information content (AvgIpc) is 2.82. The Balaban J connectivity index is 1.58. The number of piperazine rings is 1. The van der Waals surface area contributed by atoms with Crippen molar-refractivity contribution in [2.45, 2.75) is 50.8 Å². The van der Waals surface area contributed by atoms with Gasteiger partial charge >= 0.3 is 0 Å². The largest absolute Gasteiger partial charge is 0.380 e. The minimum Gasteiger partial charge on any atom is -0.380 e. The normalized spacial score (nSPS) is 24.7. The Labute approximate surface area is 215 Å². The van der Waals surface area contributed by atoms with Crippen molar-refractivity contribution in [3.8, 4) is 0 Å². The predicted octanol–water partition coefficient (Wildman–Crippen LogP) is 3.37. The Morgan fingerprint density at radius 1 is 1.33 bits per heavy atom. The summed E-state index contributed by atoms with van der Waals surface area (Å²) in [6.45, 7) is 20.2. The van der Waals surface area contributed by atoms with E-state index in [1.54, 1.807) is 6.07 Å². The van der Waals surface area contributed by atoms with Crippen molar-refractivity contribution >= 4 is 21.4 Å². The molecule has 2 fully saturated rings. The maximum absolute atomic E-state index is 14.3. The van der Waals surface area contributed by atoms with Crippen molar-refractivity contribution in [3.63, 3.8) is 0 Å². The van der Waals surface area contributed by atoms with Gasteiger partial charge in [0.2, 0.25) is 0 Å². The van der Waals surface area contributed by atoms with E-state index < -0.39 is 21.1 Å². The Morgan fingerprint density at radius 3 is 2.75 bits per heavy atom.